The Balaban J connectivity index is 2.37. The van der Waals surface area contributed by atoms with E-state index < -0.39 is 9.85 Å². The van der Waals surface area contributed by atoms with Crippen LogP contribution in [0.15, 0.2) is 41.0 Å². The summed E-state index contributed by atoms with van der Waals surface area (Å²) < 4.78 is 5.67. The summed E-state index contributed by atoms with van der Waals surface area (Å²) in [6.07, 6.45) is 1.33. The Morgan fingerprint density at radius 1 is 1.15 bits per heavy atom. The van der Waals surface area contributed by atoms with Crippen LogP contribution >= 0.6 is 15.9 Å². The van der Waals surface area contributed by atoms with E-state index in [1.807, 2.05) is 0 Å². The third kappa shape index (κ3) is 3.06. The summed E-state index contributed by atoms with van der Waals surface area (Å²) in [4.78, 5) is 24.1. The highest BCUT2D eigenvalue weighted by molar-refractivity contribution is 9.10. The summed E-state index contributed by atoms with van der Waals surface area (Å²) in [5, 5.41) is 21.5. The number of benzene rings is 1. The molecule has 0 aliphatic heterocycles. The number of rotatable bonds is 4. The molecule has 0 saturated carbocycles. The highest BCUT2D eigenvalue weighted by atomic mass is 79.9. The minimum atomic E-state index is -0.648. The van der Waals surface area contributed by atoms with Gasteiger partial charge in [0.1, 0.15) is 5.75 Å². The average molecular weight is 340 g/mol. The standard InChI is InChI=1S/C11H6BrN3O5/c12-7-4-10(15(18)19)11(13-6-7)20-9-3-1-2-8(5-9)14(16)17/h1-6H. The Bertz CT molecular complexity index is 692. The third-order valence-electron chi connectivity index (χ3n) is 2.24. The van der Waals surface area contributed by atoms with Gasteiger partial charge in [0, 0.05) is 22.8 Å². The van der Waals surface area contributed by atoms with Gasteiger partial charge in [-0.05, 0) is 22.0 Å². The number of hydrogen-bond donors (Lipinski definition) is 0. The zero-order valence-electron chi connectivity index (χ0n) is 9.72. The molecule has 8 nitrogen and oxygen atoms in total. The van der Waals surface area contributed by atoms with Crippen molar-refractivity contribution in [2.75, 3.05) is 0 Å². The maximum Gasteiger partial charge on any atom is 0.332 e. The van der Waals surface area contributed by atoms with Gasteiger partial charge < -0.3 is 4.74 Å². The van der Waals surface area contributed by atoms with E-state index >= 15 is 0 Å². The fourth-order valence-corrected chi connectivity index (χ4v) is 1.72. The average Bonchev–Trinajstić information content (AvgIpc) is 2.41. The zero-order valence-corrected chi connectivity index (χ0v) is 11.3. The number of nitro benzene ring substituents is 1. The molecule has 0 spiro atoms. The molecule has 0 saturated heterocycles. The van der Waals surface area contributed by atoms with Crippen molar-refractivity contribution in [3.05, 3.63) is 61.2 Å². The van der Waals surface area contributed by atoms with E-state index in [9.17, 15) is 20.2 Å². The fourth-order valence-electron chi connectivity index (χ4n) is 1.40. The lowest BCUT2D eigenvalue weighted by Crippen LogP contribution is -1.96. The van der Waals surface area contributed by atoms with Crippen molar-refractivity contribution in [1.29, 1.82) is 0 Å². The summed E-state index contributed by atoms with van der Waals surface area (Å²) in [5.74, 6) is -0.143. The van der Waals surface area contributed by atoms with Crippen LogP contribution in [0, 0.1) is 20.2 Å². The Kier molecular flexibility index (Phi) is 3.89. The van der Waals surface area contributed by atoms with Crippen molar-refractivity contribution in [3.63, 3.8) is 0 Å². The van der Waals surface area contributed by atoms with Crippen molar-refractivity contribution in [2.45, 2.75) is 0 Å². The number of pyridine rings is 1. The van der Waals surface area contributed by atoms with Crippen molar-refractivity contribution < 1.29 is 14.6 Å². The maximum atomic E-state index is 10.9. The topological polar surface area (TPSA) is 108 Å². The van der Waals surface area contributed by atoms with Gasteiger partial charge in [-0.2, -0.15) is 0 Å². The minimum absolute atomic E-state index is 0.0946. The van der Waals surface area contributed by atoms with E-state index in [2.05, 4.69) is 20.9 Å². The minimum Gasteiger partial charge on any atom is -0.433 e. The first-order chi connectivity index (χ1) is 9.47. The van der Waals surface area contributed by atoms with Crippen molar-refractivity contribution >= 4 is 27.3 Å². The zero-order chi connectivity index (χ0) is 14.7. The summed E-state index contributed by atoms with van der Waals surface area (Å²) >= 11 is 3.07. The lowest BCUT2D eigenvalue weighted by molar-refractivity contribution is -0.386. The second-order valence-corrected chi connectivity index (χ2v) is 4.51. The number of aromatic nitrogens is 1. The second kappa shape index (κ2) is 5.61. The van der Waals surface area contributed by atoms with E-state index in [4.69, 9.17) is 4.74 Å². The molecule has 1 heterocycles. The number of ether oxygens (including phenoxy) is 1. The van der Waals surface area contributed by atoms with Crippen LogP contribution in [0.4, 0.5) is 11.4 Å². The van der Waals surface area contributed by atoms with Gasteiger partial charge in [0.25, 0.3) is 11.6 Å². The lowest BCUT2D eigenvalue weighted by Gasteiger charge is -2.05. The van der Waals surface area contributed by atoms with Crippen LogP contribution in [0.3, 0.4) is 0 Å². The molecule has 20 heavy (non-hydrogen) atoms. The molecule has 0 amide bonds. The monoisotopic (exact) mass is 339 g/mol. The van der Waals surface area contributed by atoms with E-state index in [-0.39, 0.29) is 23.0 Å². The summed E-state index contributed by atoms with van der Waals surface area (Å²) in [6.45, 7) is 0. The molecule has 9 heteroatoms. The summed E-state index contributed by atoms with van der Waals surface area (Å²) in [7, 11) is 0. The number of nitro groups is 2. The smallest absolute Gasteiger partial charge is 0.332 e. The highest BCUT2D eigenvalue weighted by Crippen LogP contribution is 2.32. The number of halogens is 1. The molecule has 0 radical (unpaired) electrons. The Morgan fingerprint density at radius 2 is 1.90 bits per heavy atom. The van der Waals surface area contributed by atoms with E-state index in [1.165, 1.54) is 30.5 Å². The van der Waals surface area contributed by atoms with Crippen LogP contribution in [0.25, 0.3) is 0 Å². The molecule has 0 fully saturated rings. The molecule has 102 valence electrons. The molecule has 0 bridgehead atoms. The first kappa shape index (κ1) is 13.9. The second-order valence-electron chi connectivity index (χ2n) is 3.59. The van der Waals surface area contributed by atoms with Gasteiger partial charge in [0.05, 0.1) is 15.9 Å². The molecule has 0 aliphatic carbocycles. The van der Waals surface area contributed by atoms with E-state index in [0.717, 1.165) is 6.07 Å². The van der Waals surface area contributed by atoms with E-state index in [1.54, 1.807) is 0 Å². The van der Waals surface area contributed by atoms with Crippen LogP contribution < -0.4 is 4.74 Å². The van der Waals surface area contributed by atoms with Crippen LogP contribution in [0.5, 0.6) is 11.6 Å². The van der Waals surface area contributed by atoms with Crippen LogP contribution in [0.2, 0.25) is 0 Å². The van der Waals surface area contributed by atoms with Crippen LogP contribution in [0.1, 0.15) is 0 Å². The fraction of sp³-hybridized carbons (Fsp3) is 0. The first-order valence-corrected chi connectivity index (χ1v) is 5.99. The predicted molar refractivity (Wildman–Crippen MR) is 71.8 cm³/mol. The quantitative estimate of drug-likeness (QED) is 0.623. The van der Waals surface area contributed by atoms with Crippen molar-refractivity contribution in [2.24, 2.45) is 0 Å². The molecular formula is C11H6BrN3O5. The summed E-state index contributed by atoms with van der Waals surface area (Å²) in [5.41, 5.74) is -0.520. The van der Waals surface area contributed by atoms with Crippen LogP contribution in [-0.2, 0) is 0 Å². The molecule has 1 aromatic heterocycles. The number of nitrogens with zero attached hydrogens (tertiary/aromatic N) is 3. The molecule has 2 aromatic rings. The Hall–Kier alpha value is -2.55. The van der Waals surface area contributed by atoms with Crippen molar-refractivity contribution in [1.82, 2.24) is 4.98 Å². The molecule has 0 unspecified atom stereocenters. The third-order valence-corrected chi connectivity index (χ3v) is 2.67. The van der Waals surface area contributed by atoms with Gasteiger partial charge in [-0.15, -0.1) is 0 Å². The maximum absolute atomic E-state index is 10.9. The molecule has 0 aliphatic rings. The molecule has 2 rings (SSSR count). The van der Waals surface area contributed by atoms with Gasteiger partial charge in [0.15, 0.2) is 0 Å². The van der Waals surface area contributed by atoms with E-state index in [0.29, 0.717) is 4.47 Å². The van der Waals surface area contributed by atoms with Gasteiger partial charge >= 0.3 is 5.69 Å². The summed E-state index contributed by atoms with van der Waals surface area (Å²) in [6, 6.07) is 6.54. The van der Waals surface area contributed by atoms with Crippen LogP contribution in [-0.4, -0.2) is 14.8 Å². The molecule has 0 N–H and O–H groups in total. The number of hydrogen-bond acceptors (Lipinski definition) is 6. The number of non-ortho nitro benzene ring substituents is 1. The molecule has 0 atom stereocenters. The van der Waals surface area contributed by atoms with Crippen molar-refractivity contribution in [3.8, 4) is 11.6 Å². The van der Waals surface area contributed by atoms with Gasteiger partial charge in [-0.25, -0.2) is 4.98 Å². The molecular weight excluding hydrogens is 334 g/mol. The molecule has 1 aromatic carbocycles. The Morgan fingerprint density at radius 3 is 2.55 bits per heavy atom. The predicted octanol–water partition coefficient (Wildman–Crippen LogP) is 3.45. The lowest BCUT2D eigenvalue weighted by atomic mass is 10.3. The normalized spacial score (nSPS) is 10.1. The first-order valence-electron chi connectivity index (χ1n) is 5.19. The Labute approximate surface area is 120 Å². The highest BCUT2D eigenvalue weighted by Gasteiger charge is 2.19. The van der Waals surface area contributed by atoms with Gasteiger partial charge in [0.2, 0.25) is 0 Å². The largest absolute Gasteiger partial charge is 0.433 e. The van der Waals surface area contributed by atoms with Gasteiger partial charge in [-0.3, -0.25) is 20.2 Å². The van der Waals surface area contributed by atoms with Gasteiger partial charge in [-0.1, -0.05) is 6.07 Å². The SMILES string of the molecule is O=[N+]([O-])c1cccc(Oc2ncc(Br)cc2[N+](=O)[O-])c1.